The number of aliphatic carboxylic acids is 2. The number of carboxylic acids is 2. The van der Waals surface area contributed by atoms with Crippen LogP contribution in [0.1, 0.15) is 88.3 Å². The molecule has 0 aliphatic rings. The van der Waals surface area contributed by atoms with E-state index in [9.17, 15) is 19.8 Å². The number of unbranched alkanes of at least 4 members (excludes halogenated alkanes) is 7. The van der Waals surface area contributed by atoms with Gasteiger partial charge in [-0.2, -0.15) is 0 Å². The van der Waals surface area contributed by atoms with E-state index in [0.717, 1.165) is 19.3 Å². The van der Waals surface area contributed by atoms with Crippen molar-refractivity contribution < 1.29 is 22.7 Å². The van der Waals surface area contributed by atoms with Gasteiger partial charge in [-0.3, -0.25) is 9.59 Å². The molecule has 0 rings (SSSR count). The molecule has 0 aromatic carbocycles. The molecule has 0 aliphatic carbocycles. The first-order valence-corrected chi connectivity index (χ1v) is 8.17. The fourth-order valence-electron chi connectivity index (χ4n) is 2.85. The molecule has 0 aliphatic heterocycles. The molecule has 128 valence electrons. The molecule has 2 N–H and O–H groups in total. The summed E-state index contributed by atoms with van der Waals surface area (Å²) in [7, 11) is 0. The largest absolute Gasteiger partial charge is 2.00 e. The van der Waals surface area contributed by atoms with E-state index in [4.69, 9.17) is 0 Å². The second-order valence-corrected chi connectivity index (χ2v) is 6.99. The van der Waals surface area contributed by atoms with Gasteiger partial charge in [0.25, 0.3) is 0 Å². The molecule has 0 heterocycles. The third-order valence-electron chi connectivity index (χ3n) is 4.42. The van der Waals surface area contributed by atoms with Crippen LogP contribution < -0.4 is 0 Å². The van der Waals surface area contributed by atoms with Crippen LogP contribution in [0.15, 0.2) is 0 Å². The van der Waals surface area contributed by atoms with Gasteiger partial charge in [-0.05, 0) is 11.8 Å². The van der Waals surface area contributed by atoms with Crippen molar-refractivity contribution >= 4 is 35.0 Å². The van der Waals surface area contributed by atoms with Gasteiger partial charge < -0.3 is 13.1 Å². The minimum absolute atomic E-state index is 0. The molecule has 0 fully saturated rings. The topological polar surface area (TPSA) is 74.6 Å². The van der Waals surface area contributed by atoms with Gasteiger partial charge in [-0.25, -0.2) is 0 Å². The Morgan fingerprint density at radius 3 is 1.50 bits per heavy atom. The van der Waals surface area contributed by atoms with Crippen LogP contribution in [0, 0.1) is 10.8 Å². The Bertz CT molecular complexity index is 330. The first kappa shape index (κ1) is 24.0. The Morgan fingerprint density at radius 2 is 1.18 bits per heavy atom. The Kier molecular flexibility index (Phi) is 12.3. The molecule has 0 saturated heterocycles. The zero-order valence-electron chi connectivity index (χ0n) is 16.8. The van der Waals surface area contributed by atoms with Crippen molar-refractivity contribution in [2.24, 2.45) is 10.8 Å². The summed E-state index contributed by atoms with van der Waals surface area (Å²) in [6.45, 7) is 7.27. The number of carboxylic acid groups (broad SMARTS) is 2. The maximum Gasteiger partial charge on any atom is 2.00 e. The fourth-order valence-corrected chi connectivity index (χ4v) is 2.85. The molecule has 0 radical (unpaired) electrons. The SMILES string of the molecule is CCCCCCCCCCC(C(=O)O)(C(=O)O)C(C)(C)C.[H-].[H-].[Mg+2]. The van der Waals surface area contributed by atoms with Gasteiger partial charge >= 0.3 is 35.0 Å². The summed E-state index contributed by atoms with van der Waals surface area (Å²) < 4.78 is 0. The molecule has 0 aromatic heterocycles. The second kappa shape index (κ2) is 11.3. The predicted octanol–water partition coefficient (Wildman–Crippen LogP) is 4.56. The summed E-state index contributed by atoms with van der Waals surface area (Å²) >= 11 is 0. The van der Waals surface area contributed by atoms with Crippen molar-refractivity contribution in [1.82, 2.24) is 0 Å². The molecule has 0 saturated carbocycles. The Balaban J connectivity index is -0.000000667. The average molecular weight is 327 g/mol. The summed E-state index contributed by atoms with van der Waals surface area (Å²) in [6.07, 6.45) is 8.95. The molecule has 0 unspecified atom stereocenters. The molecule has 22 heavy (non-hydrogen) atoms. The molecule has 0 amide bonds. The van der Waals surface area contributed by atoms with E-state index < -0.39 is 22.8 Å². The van der Waals surface area contributed by atoms with Gasteiger partial charge in [-0.1, -0.05) is 79.1 Å². The molecule has 0 bridgehead atoms. The molecule has 0 aromatic rings. The average Bonchev–Trinajstić information content (AvgIpc) is 2.34. The predicted molar refractivity (Wildman–Crippen MR) is 92.4 cm³/mol. The first-order chi connectivity index (χ1) is 9.70. The van der Waals surface area contributed by atoms with Gasteiger partial charge in [0.1, 0.15) is 0 Å². The van der Waals surface area contributed by atoms with Crippen molar-refractivity contribution in [1.29, 1.82) is 0 Å². The quantitative estimate of drug-likeness (QED) is 0.331. The minimum Gasteiger partial charge on any atom is -1.00 e. The summed E-state index contributed by atoms with van der Waals surface area (Å²) in [4.78, 5) is 23.1. The van der Waals surface area contributed by atoms with Crippen molar-refractivity contribution in [2.45, 2.75) is 85.5 Å². The standard InChI is InChI=1S/C17H32O4.Mg.2H/c1-5-6-7-8-9-10-11-12-13-17(14(18)19,15(20)21)16(2,3)4;;;/h5-13H2,1-4H3,(H,18,19)(H,20,21);;;/q;+2;2*-1. The minimum atomic E-state index is -1.69. The summed E-state index contributed by atoms with van der Waals surface area (Å²) in [5.74, 6) is -2.43. The van der Waals surface area contributed by atoms with Crippen molar-refractivity contribution in [3.8, 4) is 0 Å². The van der Waals surface area contributed by atoms with Crippen LogP contribution in [0.5, 0.6) is 0 Å². The number of rotatable bonds is 11. The van der Waals surface area contributed by atoms with Crippen LogP contribution in [0.3, 0.4) is 0 Å². The number of hydrogen-bond acceptors (Lipinski definition) is 2. The van der Waals surface area contributed by atoms with Crippen molar-refractivity contribution in [3.05, 3.63) is 0 Å². The zero-order valence-corrected chi connectivity index (χ0v) is 16.2. The first-order valence-electron chi connectivity index (χ1n) is 8.17. The van der Waals surface area contributed by atoms with Crippen LogP contribution in [0.25, 0.3) is 0 Å². The van der Waals surface area contributed by atoms with Gasteiger partial charge in [-0.15, -0.1) is 0 Å². The van der Waals surface area contributed by atoms with Gasteiger partial charge in [0.15, 0.2) is 5.41 Å². The van der Waals surface area contributed by atoms with Gasteiger partial charge in [0.2, 0.25) is 0 Å². The van der Waals surface area contributed by atoms with Crippen molar-refractivity contribution in [2.75, 3.05) is 0 Å². The second-order valence-electron chi connectivity index (χ2n) is 6.99. The van der Waals surface area contributed by atoms with Crippen LogP contribution in [0.2, 0.25) is 0 Å². The Hall–Kier alpha value is -0.294. The van der Waals surface area contributed by atoms with Crippen LogP contribution in [0.4, 0.5) is 0 Å². The van der Waals surface area contributed by atoms with E-state index in [1.807, 2.05) is 0 Å². The summed E-state index contributed by atoms with van der Waals surface area (Å²) in [5, 5.41) is 18.9. The van der Waals surface area contributed by atoms with E-state index in [1.54, 1.807) is 20.8 Å². The monoisotopic (exact) mass is 326 g/mol. The van der Waals surface area contributed by atoms with Gasteiger partial charge in [0, 0.05) is 0 Å². The third kappa shape index (κ3) is 6.86. The number of carbonyl (C=O) groups is 2. The Morgan fingerprint density at radius 1 is 0.818 bits per heavy atom. The van der Waals surface area contributed by atoms with Crippen LogP contribution >= 0.6 is 0 Å². The molecular weight excluding hydrogens is 292 g/mol. The normalized spacial score (nSPS) is 11.8. The van der Waals surface area contributed by atoms with Crippen LogP contribution in [-0.4, -0.2) is 45.2 Å². The van der Waals surface area contributed by atoms with E-state index in [1.165, 1.54) is 25.7 Å². The Labute approximate surface area is 154 Å². The van der Waals surface area contributed by atoms with E-state index in [2.05, 4.69) is 6.92 Å². The molecule has 5 heteroatoms. The fraction of sp³-hybridized carbons (Fsp3) is 0.882. The molecule has 0 atom stereocenters. The maximum atomic E-state index is 11.6. The van der Waals surface area contributed by atoms with E-state index >= 15 is 0 Å². The maximum absolute atomic E-state index is 11.6. The van der Waals surface area contributed by atoms with Gasteiger partial charge in [0.05, 0.1) is 0 Å². The van der Waals surface area contributed by atoms with Crippen molar-refractivity contribution in [3.63, 3.8) is 0 Å². The third-order valence-corrected chi connectivity index (χ3v) is 4.42. The smallest absolute Gasteiger partial charge is 1.00 e. The van der Waals surface area contributed by atoms with Crippen LogP contribution in [-0.2, 0) is 9.59 Å². The van der Waals surface area contributed by atoms with E-state index in [0.29, 0.717) is 6.42 Å². The molecule has 0 spiro atoms. The summed E-state index contributed by atoms with van der Waals surface area (Å²) in [6, 6.07) is 0. The van der Waals surface area contributed by atoms with E-state index in [-0.39, 0.29) is 32.3 Å². The zero-order chi connectivity index (χ0) is 16.5. The molecule has 4 nitrogen and oxygen atoms in total. The summed E-state index contributed by atoms with van der Waals surface area (Å²) in [5.41, 5.74) is -2.49. The number of hydrogen-bond donors (Lipinski definition) is 2. The molecular formula is C17H34MgO4.